The number of fused-ring (bicyclic) bond motifs is 1. The number of aryl methyl sites for hydroxylation is 1. The molecule has 5 heteroatoms. The van der Waals surface area contributed by atoms with Crippen LogP contribution in [-0.2, 0) is 6.54 Å². The maximum atomic E-state index is 11.3. The van der Waals surface area contributed by atoms with Crippen LogP contribution in [-0.4, -0.2) is 21.6 Å². The van der Waals surface area contributed by atoms with Gasteiger partial charge in [0.05, 0.1) is 5.69 Å². The molecule has 0 unspecified atom stereocenters. The number of hydrogen-bond donors (Lipinski definition) is 2. The van der Waals surface area contributed by atoms with E-state index in [0.717, 1.165) is 11.3 Å². The molecule has 2 aromatic heterocycles. The summed E-state index contributed by atoms with van der Waals surface area (Å²) >= 11 is 0. The van der Waals surface area contributed by atoms with Gasteiger partial charge in [0.15, 0.2) is 0 Å². The van der Waals surface area contributed by atoms with Crippen molar-refractivity contribution in [2.45, 2.75) is 27.3 Å². The Morgan fingerprint density at radius 3 is 2.81 bits per heavy atom. The van der Waals surface area contributed by atoms with Gasteiger partial charge in [-0.2, -0.15) is 5.10 Å². The molecule has 0 saturated carbocycles. The van der Waals surface area contributed by atoms with Crippen LogP contribution in [0.2, 0.25) is 0 Å². The van der Waals surface area contributed by atoms with Crippen molar-refractivity contribution in [1.82, 2.24) is 19.9 Å². The molecule has 0 spiro atoms. The first kappa shape index (κ1) is 12.4. The molecule has 2 rings (SSSR count). The topological polar surface area (TPSA) is 62.2 Å². The van der Waals surface area contributed by atoms with Crippen molar-refractivity contribution in [3.05, 3.63) is 33.9 Å². The Morgan fingerprint density at radius 2 is 2.19 bits per heavy atom. The molecule has 0 radical (unpaired) electrons. The summed E-state index contributed by atoms with van der Waals surface area (Å²) in [7, 11) is 1.86. The molecule has 0 aromatic carbocycles. The molecule has 0 amide bonds. The van der Waals surface area contributed by atoms with E-state index in [2.05, 4.69) is 15.4 Å². The van der Waals surface area contributed by atoms with Crippen LogP contribution in [0.4, 0.5) is 0 Å². The smallest absolute Gasteiger partial charge is 0.254 e. The number of aromatic amines is 1. The molecule has 0 saturated heterocycles. The summed E-state index contributed by atoms with van der Waals surface area (Å²) in [6, 6.07) is 1.86. The molecule has 0 aliphatic rings. The molecule has 16 heavy (non-hydrogen) atoms. The standard InChI is InChI=1S/C9H12N4O.C2H6/c1-6-5-13-8(11-9(6)14)3-7(12-13)4-10-2;1-2/h3,5,10H,4H2,1-2H3,(H,11,14);1-2H3. The number of hydrogen-bond acceptors (Lipinski definition) is 3. The maximum Gasteiger partial charge on any atom is 0.254 e. The first-order valence-electron chi connectivity index (χ1n) is 5.43. The third kappa shape index (κ3) is 2.49. The highest BCUT2D eigenvalue weighted by Gasteiger charge is 2.02. The van der Waals surface area contributed by atoms with E-state index in [4.69, 9.17) is 0 Å². The Bertz CT molecular complexity index is 512. The van der Waals surface area contributed by atoms with Crippen LogP contribution in [0.1, 0.15) is 25.1 Å². The van der Waals surface area contributed by atoms with Crippen LogP contribution in [0.5, 0.6) is 0 Å². The second-order valence-electron chi connectivity index (χ2n) is 3.26. The van der Waals surface area contributed by atoms with Crippen LogP contribution in [0.15, 0.2) is 17.1 Å². The van der Waals surface area contributed by atoms with E-state index in [9.17, 15) is 4.79 Å². The fourth-order valence-corrected chi connectivity index (χ4v) is 1.36. The SMILES string of the molecule is CC.CNCc1cc2[nH]c(=O)c(C)cn2n1. The molecule has 2 aromatic rings. The number of aromatic nitrogens is 3. The van der Waals surface area contributed by atoms with Crippen LogP contribution in [0.25, 0.3) is 5.65 Å². The van der Waals surface area contributed by atoms with E-state index >= 15 is 0 Å². The zero-order chi connectivity index (χ0) is 12.1. The molecule has 0 fully saturated rings. The van der Waals surface area contributed by atoms with Gasteiger partial charge >= 0.3 is 0 Å². The summed E-state index contributed by atoms with van der Waals surface area (Å²) < 4.78 is 1.68. The van der Waals surface area contributed by atoms with Gasteiger partial charge in [-0.25, -0.2) is 4.52 Å². The summed E-state index contributed by atoms with van der Waals surface area (Å²) in [5, 5.41) is 7.29. The summed E-state index contributed by atoms with van der Waals surface area (Å²) in [5.41, 5.74) is 2.24. The molecular weight excluding hydrogens is 204 g/mol. The Labute approximate surface area is 94.5 Å². The zero-order valence-corrected chi connectivity index (χ0v) is 10.2. The van der Waals surface area contributed by atoms with E-state index in [-0.39, 0.29) is 5.56 Å². The molecular formula is C11H18N4O. The Kier molecular flexibility index (Phi) is 4.25. The van der Waals surface area contributed by atoms with Gasteiger partial charge in [-0.05, 0) is 14.0 Å². The van der Waals surface area contributed by atoms with Crippen molar-refractivity contribution in [2.75, 3.05) is 7.05 Å². The average Bonchev–Trinajstić information content (AvgIpc) is 2.64. The predicted octanol–water partition coefficient (Wildman–Crippen LogP) is 1.08. The zero-order valence-electron chi connectivity index (χ0n) is 10.2. The molecule has 88 valence electrons. The second kappa shape index (κ2) is 5.46. The number of H-pyrrole nitrogens is 1. The van der Waals surface area contributed by atoms with Crippen molar-refractivity contribution in [3.8, 4) is 0 Å². The summed E-state index contributed by atoms with van der Waals surface area (Å²) in [6.45, 7) is 6.46. The van der Waals surface area contributed by atoms with Crippen LogP contribution in [0.3, 0.4) is 0 Å². The summed E-state index contributed by atoms with van der Waals surface area (Å²) in [4.78, 5) is 14.0. The minimum atomic E-state index is -0.0617. The first-order chi connectivity index (χ1) is 7.70. The van der Waals surface area contributed by atoms with Gasteiger partial charge in [-0.15, -0.1) is 0 Å². The van der Waals surface area contributed by atoms with Gasteiger partial charge < -0.3 is 10.3 Å². The van der Waals surface area contributed by atoms with E-state index < -0.39 is 0 Å². The highest BCUT2D eigenvalue weighted by atomic mass is 16.1. The van der Waals surface area contributed by atoms with Gasteiger partial charge in [-0.3, -0.25) is 4.79 Å². The van der Waals surface area contributed by atoms with Gasteiger partial charge in [0.25, 0.3) is 5.56 Å². The molecule has 0 aliphatic carbocycles. The minimum absolute atomic E-state index is 0.0617. The number of nitrogens with one attached hydrogen (secondary N) is 2. The van der Waals surface area contributed by atoms with Crippen molar-refractivity contribution >= 4 is 5.65 Å². The lowest BCUT2D eigenvalue weighted by Crippen LogP contribution is -2.11. The lowest BCUT2D eigenvalue weighted by Gasteiger charge is -1.93. The maximum absolute atomic E-state index is 11.3. The van der Waals surface area contributed by atoms with Crippen molar-refractivity contribution in [1.29, 1.82) is 0 Å². The molecule has 2 N–H and O–H groups in total. The highest BCUT2D eigenvalue weighted by Crippen LogP contribution is 2.01. The van der Waals surface area contributed by atoms with Gasteiger partial charge in [0.2, 0.25) is 0 Å². The van der Waals surface area contributed by atoms with E-state index in [1.807, 2.05) is 27.0 Å². The van der Waals surface area contributed by atoms with E-state index in [1.54, 1.807) is 17.6 Å². The second-order valence-corrected chi connectivity index (χ2v) is 3.26. The Hall–Kier alpha value is -1.62. The largest absolute Gasteiger partial charge is 0.314 e. The van der Waals surface area contributed by atoms with E-state index in [0.29, 0.717) is 12.1 Å². The van der Waals surface area contributed by atoms with Gasteiger partial charge in [0, 0.05) is 24.4 Å². The number of nitrogens with zero attached hydrogens (tertiary/aromatic N) is 2. The molecule has 0 bridgehead atoms. The monoisotopic (exact) mass is 222 g/mol. The van der Waals surface area contributed by atoms with Gasteiger partial charge in [-0.1, -0.05) is 13.8 Å². The van der Waals surface area contributed by atoms with Crippen molar-refractivity contribution in [3.63, 3.8) is 0 Å². The molecule has 2 heterocycles. The van der Waals surface area contributed by atoms with Crippen molar-refractivity contribution < 1.29 is 0 Å². The third-order valence-corrected chi connectivity index (χ3v) is 2.06. The lowest BCUT2D eigenvalue weighted by molar-refractivity contribution is 0.767. The molecule has 0 atom stereocenters. The van der Waals surface area contributed by atoms with Crippen LogP contribution < -0.4 is 10.9 Å². The first-order valence-corrected chi connectivity index (χ1v) is 5.43. The quantitative estimate of drug-likeness (QED) is 0.799. The lowest BCUT2D eigenvalue weighted by atomic mass is 10.4. The third-order valence-electron chi connectivity index (χ3n) is 2.06. The Morgan fingerprint density at radius 1 is 1.50 bits per heavy atom. The minimum Gasteiger partial charge on any atom is -0.314 e. The summed E-state index contributed by atoms with van der Waals surface area (Å²) in [5.74, 6) is 0. The average molecular weight is 222 g/mol. The fourth-order valence-electron chi connectivity index (χ4n) is 1.36. The fraction of sp³-hybridized carbons (Fsp3) is 0.455. The van der Waals surface area contributed by atoms with Crippen molar-refractivity contribution in [2.24, 2.45) is 0 Å². The molecule has 5 nitrogen and oxygen atoms in total. The predicted molar refractivity (Wildman–Crippen MR) is 64.7 cm³/mol. The number of rotatable bonds is 2. The molecule has 0 aliphatic heterocycles. The highest BCUT2D eigenvalue weighted by molar-refractivity contribution is 5.39. The summed E-state index contributed by atoms with van der Waals surface area (Å²) in [6.07, 6.45) is 1.73. The normalized spacial score (nSPS) is 10.0. The van der Waals surface area contributed by atoms with Gasteiger partial charge in [0.1, 0.15) is 5.65 Å². The van der Waals surface area contributed by atoms with Crippen LogP contribution in [0, 0.1) is 6.92 Å². The van der Waals surface area contributed by atoms with Crippen LogP contribution >= 0.6 is 0 Å². The Balaban J connectivity index is 0.000000606. The van der Waals surface area contributed by atoms with E-state index in [1.165, 1.54) is 0 Å².